The van der Waals surface area contributed by atoms with Gasteiger partial charge >= 0.3 is 0 Å². The number of nitrogens with zero attached hydrogens (tertiary/aromatic N) is 3. The van der Waals surface area contributed by atoms with Crippen molar-refractivity contribution in [2.75, 3.05) is 0 Å². The molecule has 1 N–H and O–H groups in total. The van der Waals surface area contributed by atoms with Crippen LogP contribution in [0.15, 0.2) is 52.3 Å². The van der Waals surface area contributed by atoms with E-state index in [1.807, 2.05) is 13.0 Å². The zero-order valence-corrected chi connectivity index (χ0v) is 15.7. The number of nitro groups is 1. The largest absolute Gasteiger partial charge is 0.295 e. The van der Waals surface area contributed by atoms with Crippen molar-refractivity contribution in [3.63, 3.8) is 0 Å². The maximum Gasteiger partial charge on any atom is 0.280 e. The molecule has 0 aliphatic carbocycles. The maximum absolute atomic E-state index is 12.9. The first-order chi connectivity index (χ1) is 12.8. The Bertz CT molecular complexity index is 1110. The Morgan fingerprint density at radius 2 is 1.85 bits per heavy atom. The number of H-pyrrole nitrogens is 1. The zero-order chi connectivity index (χ0) is 19.7. The number of benzene rings is 2. The van der Waals surface area contributed by atoms with Crippen LogP contribution in [0, 0.1) is 24.0 Å². The van der Waals surface area contributed by atoms with Gasteiger partial charge in [0, 0.05) is 22.8 Å². The number of nitro benzene ring substituents is 1. The summed E-state index contributed by atoms with van der Waals surface area (Å²) in [5, 5.41) is 14.4. The van der Waals surface area contributed by atoms with Crippen molar-refractivity contribution in [1.82, 2.24) is 9.78 Å². The van der Waals surface area contributed by atoms with E-state index in [4.69, 9.17) is 11.6 Å². The number of aliphatic imine (C=N–C) groups is 1. The summed E-state index contributed by atoms with van der Waals surface area (Å²) in [6, 6.07) is 11.1. The Labute approximate surface area is 160 Å². The van der Waals surface area contributed by atoms with Gasteiger partial charge in [-0.15, -0.1) is 0 Å². The molecule has 2 aromatic carbocycles. The lowest BCUT2D eigenvalue weighted by Crippen LogP contribution is -2.19. The standard InChI is InChI=1S/C19H17ClN4O3/c1-11-10-14(20)4-9-17(11)21-12(2)18-13(3)22-23(19(18)25)15-5-7-16(8-6-15)24(26)27/h4-10,22H,1-3H3. The fourth-order valence-electron chi connectivity index (χ4n) is 2.86. The molecule has 3 rings (SSSR count). The van der Waals surface area contributed by atoms with E-state index in [-0.39, 0.29) is 11.2 Å². The van der Waals surface area contributed by atoms with Crippen molar-refractivity contribution in [1.29, 1.82) is 0 Å². The molecule has 1 heterocycles. The van der Waals surface area contributed by atoms with Crippen LogP contribution in [-0.2, 0) is 0 Å². The Kier molecular flexibility index (Phi) is 4.96. The number of aryl methyl sites for hydroxylation is 2. The molecule has 0 unspecified atom stereocenters. The molecule has 0 atom stereocenters. The molecule has 3 aromatic rings. The lowest BCUT2D eigenvalue weighted by molar-refractivity contribution is -0.384. The van der Waals surface area contributed by atoms with Crippen molar-refractivity contribution in [2.24, 2.45) is 4.99 Å². The van der Waals surface area contributed by atoms with E-state index in [9.17, 15) is 14.9 Å². The third-order valence-electron chi connectivity index (χ3n) is 4.20. The first-order valence-corrected chi connectivity index (χ1v) is 8.54. The number of hydrogen-bond acceptors (Lipinski definition) is 4. The highest BCUT2D eigenvalue weighted by molar-refractivity contribution is 6.30. The van der Waals surface area contributed by atoms with Gasteiger partial charge in [0.25, 0.3) is 11.2 Å². The van der Waals surface area contributed by atoms with Crippen LogP contribution in [0.25, 0.3) is 5.69 Å². The molecule has 7 nitrogen and oxygen atoms in total. The second-order valence-corrected chi connectivity index (χ2v) is 6.59. The molecule has 138 valence electrons. The molecular weight excluding hydrogens is 368 g/mol. The van der Waals surface area contributed by atoms with Gasteiger partial charge in [-0.2, -0.15) is 0 Å². The summed E-state index contributed by atoms with van der Waals surface area (Å²) in [5.41, 5.74) is 3.54. The minimum absolute atomic E-state index is 0.0359. The third kappa shape index (κ3) is 3.68. The van der Waals surface area contributed by atoms with E-state index in [1.165, 1.54) is 28.9 Å². The van der Waals surface area contributed by atoms with Crippen LogP contribution in [0.5, 0.6) is 0 Å². The summed E-state index contributed by atoms with van der Waals surface area (Å²) in [7, 11) is 0. The van der Waals surface area contributed by atoms with Gasteiger partial charge in [-0.1, -0.05) is 11.6 Å². The highest BCUT2D eigenvalue weighted by Crippen LogP contribution is 2.23. The number of non-ortho nitro benzene ring substituents is 1. The SMILES string of the molecule is CC(=Nc1ccc(Cl)cc1C)c1c(C)[nH]n(-c2ccc([N+](=O)[O-])cc2)c1=O. The summed E-state index contributed by atoms with van der Waals surface area (Å²) in [5.74, 6) is 0. The molecule has 0 radical (unpaired) electrons. The second-order valence-electron chi connectivity index (χ2n) is 6.15. The third-order valence-corrected chi connectivity index (χ3v) is 4.43. The number of rotatable bonds is 4. The van der Waals surface area contributed by atoms with Crippen LogP contribution >= 0.6 is 11.6 Å². The fourth-order valence-corrected chi connectivity index (χ4v) is 3.09. The van der Waals surface area contributed by atoms with Gasteiger partial charge in [0.2, 0.25) is 0 Å². The normalized spacial score (nSPS) is 11.6. The van der Waals surface area contributed by atoms with Crippen LogP contribution in [-0.4, -0.2) is 20.4 Å². The summed E-state index contributed by atoms with van der Waals surface area (Å²) in [6.07, 6.45) is 0. The summed E-state index contributed by atoms with van der Waals surface area (Å²) in [4.78, 5) is 27.8. The number of nitrogens with one attached hydrogen (secondary N) is 1. The van der Waals surface area contributed by atoms with E-state index in [0.717, 1.165) is 11.3 Å². The molecule has 27 heavy (non-hydrogen) atoms. The summed E-state index contributed by atoms with van der Waals surface area (Å²) in [6.45, 7) is 5.45. The quantitative estimate of drug-likeness (QED) is 0.408. The Morgan fingerprint density at radius 1 is 1.19 bits per heavy atom. The fraction of sp³-hybridized carbons (Fsp3) is 0.158. The van der Waals surface area contributed by atoms with Crippen molar-refractivity contribution >= 4 is 28.7 Å². The molecule has 0 saturated carbocycles. The second kappa shape index (κ2) is 7.20. The molecule has 0 saturated heterocycles. The lowest BCUT2D eigenvalue weighted by atomic mass is 10.1. The molecule has 0 bridgehead atoms. The molecular formula is C19H17ClN4O3. The highest BCUT2D eigenvalue weighted by Gasteiger charge is 2.16. The predicted octanol–water partition coefficient (Wildman–Crippen LogP) is 4.48. The zero-order valence-electron chi connectivity index (χ0n) is 15.0. The Hall–Kier alpha value is -3.19. The van der Waals surface area contributed by atoms with Crippen molar-refractivity contribution in [3.8, 4) is 5.69 Å². The highest BCUT2D eigenvalue weighted by atomic mass is 35.5. The van der Waals surface area contributed by atoms with Crippen LogP contribution in [0.1, 0.15) is 23.7 Å². The number of aromatic nitrogens is 2. The van der Waals surface area contributed by atoms with E-state index < -0.39 is 4.92 Å². The molecule has 0 spiro atoms. The van der Waals surface area contributed by atoms with E-state index in [1.54, 1.807) is 26.0 Å². The minimum atomic E-state index is -0.483. The summed E-state index contributed by atoms with van der Waals surface area (Å²) < 4.78 is 1.35. The average molecular weight is 385 g/mol. The van der Waals surface area contributed by atoms with Gasteiger partial charge in [0.15, 0.2) is 0 Å². The van der Waals surface area contributed by atoms with Crippen molar-refractivity contribution in [2.45, 2.75) is 20.8 Å². The van der Waals surface area contributed by atoms with Gasteiger partial charge in [-0.25, -0.2) is 4.68 Å². The van der Waals surface area contributed by atoms with Crippen molar-refractivity contribution in [3.05, 3.63) is 84.8 Å². The molecule has 8 heteroatoms. The van der Waals surface area contributed by atoms with Gasteiger partial charge in [0.1, 0.15) is 0 Å². The van der Waals surface area contributed by atoms with Gasteiger partial charge < -0.3 is 0 Å². The molecule has 0 aliphatic heterocycles. The Balaban J connectivity index is 2.04. The van der Waals surface area contributed by atoms with Crippen molar-refractivity contribution < 1.29 is 4.92 Å². The van der Waals surface area contributed by atoms with E-state index in [2.05, 4.69) is 10.1 Å². The van der Waals surface area contributed by atoms with Gasteiger partial charge in [-0.05, 0) is 56.7 Å². The lowest BCUT2D eigenvalue weighted by Gasteiger charge is -2.03. The number of aromatic amines is 1. The van der Waals surface area contributed by atoms with Crippen LogP contribution in [0.4, 0.5) is 11.4 Å². The van der Waals surface area contributed by atoms with E-state index >= 15 is 0 Å². The maximum atomic E-state index is 12.9. The topological polar surface area (TPSA) is 93.3 Å². The van der Waals surface area contributed by atoms with E-state index in [0.29, 0.717) is 27.7 Å². The first kappa shape index (κ1) is 18.6. The predicted molar refractivity (Wildman–Crippen MR) is 106 cm³/mol. The Morgan fingerprint density at radius 3 is 2.44 bits per heavy atom. The monoisotopic (exact) mass is 384 g/mol. The number of hydrogen-bond donors (Lipinski definition) is 1. The van der Waals surface area contributed by atoms with Gasteiger partial charge in [-0.3, -0.25) is 25.0 Å². The first-order valence-electron chi connectivity index (χ1n) is 8.16. The number of halogens is 1. The van der Waals surface area contributed by atoms with Crippen LogP contribution in [0.2, 0.25) is 5.02 Å². The molecule has 0 fully saturated rings. The molecule has 0 aliphatic rings. The average Bonchev–Trinajstić information content (AvgIpc) is 2.92. The summed E-state index contributed by atoms with van der Waals surface area (Å²) >= 11 is 5.97. The minimum Gasteiger partial charge on any atom is -0.295 e. The smallest absolute Gasteiger partial charge is 0.280 e. The van der Waals surface area contributed by atoms with Crippen LogP contribution in [0.3, 0.4) is 0 Å². The molecule has 1 aromatic heterocycles. The molecule has 0 amide bonds. The van der Waals surface area contributed by atoms with Crippen LogP contribution < -0.4 is 5.56 Å². The van der Waals surface area contributed by atoms with Gasteiger partial charge in [0.05, 0.1) is 27.6 Å².